The Morgan fingerprint density at radius 1 is 1.46 bits per heavy atom. The van der Waals surface area contributed by atoms with E-state index in [0.717, 1.165) is 26.1 Å². The standard InChI is InChI=1S/C10H19N3/c1-13(2)8-7-12-9-10(3-4-10)5-6-11/h12H,3-5,7-9H2,1-2H3. The Morgan fingerprint density at radius 3 is 2.62 bits per heavy atom. The number of nitrogens with one attached hydrogen (secondary N) is 1. The molecule has 1 aliphatic rings. The molecule has 1 aliphatic carbocycles. The summed E-state index contributed by atoms with van der Waals surface area (Å²) in [7, 11) is 4.15. The summed E-state index contributed by atoms with van der Waals surface area (Å²) >= 11 is 0. The third-order valence-corrected chi connectivity index (χ3v) is 2.65. The molecule has 0 aromatic rings. The summed E-state index contributed by atoms with van der Waals surface area (Å²) in [5, 5.41) is 12.0. The third kappa shape index (κ3) is 3.75. The van der Waals surface area contributed by atoms with Gasteiger partial charge in [-0.1, -0.05) is 0 Å². The molecule has 3 nitrogen and oxygen atoms in total. The number of nitriles is 1. The van der Waals surface area contributed by atoms with Crippen LogP contribution in [0, 0.1) is 16.7 Å². The Hall–Kier alpha value is -0.590. The van der Waals surface area contributed by atoms with Crippen molar-refractivity contribution in [2.45, 2.75) is 19.3 Å². The number of hydrogen-bond donors (Lipinski definition) is 1. The molecule has 0 amide bonds. The highest BCUT2D eigenvalue weighted by Crippen LogP contribution is 2.47. The monoisotopic (exact) mass is 181 g/mol. The van der Waals surface area contributed by atoms with E-state index in [1.54, 1.807) is 0 Å². The molecule has 0 radical (unpaired) electrons. The predicted octanol–water partition coefficient (Wildman–Crippen LogP) is 0.831. The molecule has 3 heteroatoms. The van der Waals surface area contributed by atoms with Crippen LogP contribution in [0.2, 0.25) is 0 Å². The van der Waals surface area contributed by atoms with E-state index in [2.05, 4.69) is 30.4 Å². The molecule has 0 aliphatic heterocycles. The highest BCUT2D eigenvalue weighted by molar-refractivity contribution is 5.00. The van der Waals surface area contributed by atoms with Gasteiger partial charge in [-0.3, -0.25) is 0 Å². The van der Waals surface area contributed by atoms with Crippen molar-refractivity contribution in [3.05, 3.63) is 0 Å². The first kappa shape index (κ1) is 10.5. The van der Waals surface area contributed by atoms with Crippen molar-refractivity contribution in [1.29, 1.82) is 5.26 Å². The van der Waals surface area contributed by atoms with E-state index in [9.17, 15) is 0 Å². The number of hydrogen-bond acceptors (Lipinski definition) is 3. The summed E-state index contributed by atoms with van der Waals surface area (Å²) in [4.78, 5) is 2.16. The van der Waals surface area contributed by atoms with Crippen molar-refractivity contribution in [3.63, 3.8) is 0 Å². The summed E-state index contributed by atoms with van der Waals surface area (Å²) < 4.78 is 0. The first-order valence-corrected chi connectivity index (χ1v) is 4.91. The number of likely N-dealkylation sites (N-methyl/N-ethyl adjacent to an activating group) is 1. The van der Waals surface area contributed by atoms with Crippen LogP contribution in [0.15, 0.2) is 0 Å². The van der Waals surface area contributed by atoms with E-state index in [1.807, 2.05) is 0 Å². The lowest BCUT2D eigenvalue weighted by atomic mass is 10.0. The fraction of sp³-hybridized carbons (Fsp3) is 0.900. The summed E-state index contributed by atoms with van der Waals surface area (Å²) in [6, 6.07) is 2.27. The lowest BCUT2D eigenvalue weighted by molar-refractivity contribution is 0.382. The molecule has 1 fully saturated rings. The van der Waals surface area contributed by atoms with Gasteiger partial charge in [0.05, 0.1) is 6.07 Å². The Kier molecular flexibility index (Phi) is 3.71. The molecule has 1 saturated carbocycles. The molecule has 13 heavy (non-hydrogen) atoms. The summed E-state index contributed by atoms with van der Waals surface area (Å²) in [5.74, 6) is 0. The van der Waals surface area contributed by atoms with Crippen molar-refractivity contribution < 1.29 is 0 Å². The molecular formula is C10H19N3. The zero-order valence-corrected chi connectivity index (χ0v) is 8.64. The molecule has 1 N–H and O–H groups in total. The lowest BCUT2D eigenvalue weighted by Crippen LogP contribution is -2.30. The zero-order chi connectivity index (χ0) is 9.73. The Balaban J connectivity index is 2.03. The highest BCUT2D eigenvalue weighted by atomic mass is 15.1. The summed E-state index contributed by atoms with van der Waals surface area (Å²) in [5.41, 5.74) is 0.348. The van der Waals surface area contributed by atoms with Gasteiger partial charge in [-0.2, -0.15) is 5.26 Å². The Morgan fingerprint density at radius 2 is 2.15 bits per heavy atom. The molecule has 0 spiro atoms. The van der Waals surface area contributed by atoms with Crippen molar-refractivity contribution in [3.8, 4) is 6.07 Å². The molecule has 0 saturated heterocycles. The third-order valence-electron chi connectivity index (χ3n) is 2.65. The predicted molar refractivity (Wildman–Crippen MR) is 53.3 cm³/mol. The quantitative estimate of drug-likeness (QED) is 0.617. The van der Waals surface area contributed by atoms with E-state index >= 15 is 0 Å². The van der Waals surface area contributed by atoms with Crippen LogP contribution in [0.25, 0.3) is 0 Å². The van der Waals surface area contributed by atoms with Gasteiger partial charge in [0, 0.05) is 26.1 Å². The van der Waals surface area contributed by atoms with Gasteiger partial charge < -0.3 is 10.2 Å². The van der Waals surface area contributed by atoms with Crippen molar-refractivity contribution in [2.24, 2.45) is 5.41 Å². The Bertz CT molecular complexity index is 189. The van der Waals surface area contributed by atoms with Crippen LogP contribution in [0.4, 0.5) is 0 Å². The minimum atomic E-state index is 0.348. The highest BCUT2D eigenvalue weighted by Gasteiger charge is 2.41. The van der Waals surface area contributed by atoms with Crippen molar-refractivity contribution >= 4 is 0 Å². The average Bonchev–Trinajstić information content (AvgIpc) is 2.80. The van der Waals surface area contributed by atoms with Crippen LogP contribution in [-0.4, -0.2) is 38.6 Å². The van der Waals surface area contributed by atoms with Crippen LogP contribution < -0.4 is 5.32 Å². The first-order valence-electron chi connectivity index (χ1n) is 4.91. The van der Waals surface area contributed by atoms with Gasteiger partial charge in [0.1, 0.15) is 0 Å². The van der Waals surface area contributed by atoms with Crippen LogP contribution in [0.5, 0.6) is 0 Å². The van der Waals surface area contributed by atoms with E-state index in [0.29, 0.717) is 5.41 Å². The fourth-order valence-corrected chi connectivity index (χ4v) is 1.42. The molecule has 0 bridgehead atoms. The topological polar surface area (TPSA) is 39.1 Å². The van der Waals surface area contributed by atoms with Crippen LogP contribution >= 0.6 is 0 Å². The van der Waals surface area contributed by atoms with Crippen molar-refractivity contribution in [2.75, 3.05) is 33.7 Å². The first-order chi connectivity index (χ1) is 6.18. The smallest absolute Gasteiger partial charge is 0.0628 e. The summed E-state index contributed by atoms with van der Waals surface area (Å²) in [6.45, 7) is 3.12. The van der Waals surface area contributed by atoms with E-state index in [1.165, 1.54) is 12.8 Å². The second-order valence-electron chi connectivity index (χ2n) is 4.31. The maximum absolute atomic E-state index is 8.60. The van der Waals surface area contributed by atoms with Gasteiger partial charge >= 0.3 is 0 Å². The van der Waals surface area contributed by atoms with Crippen LogP contribution in [0.1, 0.15) is 19.3 Å². The van der Waals surface area contributed by atoms with Gasteiger partial charge in [0.25, 0.3) is 0 Å². The van der Waals surface area contributed by atoms with Gasteiger partial charge in [0.15, 0.2) is 0 Å². The van der Waals surface area contributed by atoms with Gasteiger partial charge in [-0.25, -0.2) is 0 Å². The molecular weight excluding hydrogens is 162 g/mol. The molecule has 0 atom stereocenters. The zero-order valence-electron chi connectivity index (χ0n) is 8.64. The molecule has 0 unspecified atom stereocenters. The average molecular weight is 181 g/mol. The molecule has 1 rings (SSSR count). The van der Waals surface area contributed by atoms with E-state index in [4.69, 9.17) is 5.26 Å². The SMILES string of the molecule is CN(C)CCNCC1(CC#N)CC1. The van der Waals surface area contributed by atoms with E-state index in [-0.39, 0.29) is 0 Å². The maximum Gasteiger partial charge on any atom is 0.0628 e. The maximum atomic E-state index is 8.60. The molecule has 0 aromatic heterocycles. The normalized spacial score (nSPS) is 18.6. The van der Waals surface area contributed by atoms with E-state index < -0.39 is 0 Å². The fourth-order valence-electron chi connectivity index (χ4n) is 1.42. The minimum absolute atomic E-state index is 0.348. The Labute approximate surface area is 80.7 Å². The van der Waals surface area contributed by atoms with Gasteiger partial charge in [-0.15, -0.1) is 0 Å². The number of rotatable bonds is 6. The van der Waals surface area contributed by atoms with Crippen LogP contribution in [-0.2, 0) is 0 Å². The largest absolute Gasteiger partial charge is 0.315 e. The molecule has 74 valence electrons. The minimum Gasteiger partial charge on any atom is -0.315 e. The van der Waals surface area contributed by atoms with Gasteiger partial charge in [0.2, 0.25) is 0 Å². The van der Waals surface area contributed by atoms with Crippen LogP contribution in [0.3, 0.4) is 0 Å². The molecule has 0 heterocycles. The number of nitrogens with zero attached hydrogens (tertiary/aromatic N) is 2. The summed E-state index contributed by atoms with van der Waals surface area (Å²) in [6.07, 6.45) is 3.19. The second kappa shape index (κ2) is 4.59. The van der Waals surface area contributed by atoms with Gasteiger partial charge in [-0.05, 0) is 32.4 Å². The van der Waals surface area contributed by atoms with Crippen molar-refractivity contribution in [1.82, 2.24) is 10.2 Å². The second-order valence-corrected chi connectivity index (χ2v) is 4.31. The molecule has 0 aromatic carbocycles. The lowest BCUT2D eigenvalue weighted by Gasteiger charge is -2.14.